The molecule has 0 atom stereocenters. The molecule has 3 rings (SSSR count). The highest BCUT2D eigenvalue weighted by molar-refractivity contribution is 6.08. The van der Waals surface area contributed by atoms with E-state index in [0.717, 1.165) is 11.3 Å². The van der Waals surface area contributed by atoms with E-state index in [1.165, 1.54) is 17.0 Å². The second kappa shape index (κ2) is 6.70. The maximum absolute atomic E-state index is 13.4. The maximum Gasteiger partial charge on any atom is 0.269 e. The minimum Gasteiger partial charge on any atom is -0.384 e. The normalized spacial score (nSPS) is 14.2. The van der Waals surface area contributed by atoms with Crippen LogP contribution in [0, 0.1) is 5.82 Å². The number of amides is 1. The van der Waals surface area contributed by atoms with Crippen LogP contribution in [0.1, 0.15) is 11.1 Å². The molecular weight excluding hydrogens is 309 g/mol. The van der Waals surface area contributed by atoms with E-state index < -0.39 is 0 Å². The van der Waals surface area contributed by atoms with Crippen molar-refractivity contribution in [3.8, 4) is 0 Å². The molecule has 24 heavy (non-hydrogen) atoms. The molecular formula is C18H18FN3O2. The van der Waals surface area contributed by atoms with Gasteiger partial charge in [0.2, 0.25) is 0 Å². The minimum atomic E-state index is -0.331. The average molecular weight is 327 g/mol. The molecule has 2 aromatic carbocycles. The molecule has 0 radical (unpaired) electrons. The maximum atomic E-state index is 13.4. The van der Waals surface area contributed by atoms with Crippen LogP contribution in [0.15, 0.2) is 53.7 Å². The molecule has 1 aliphatic heterocycles. The number of hydrogen-bond acceptors (Lipinski definition) is 4. The summed E-state index contributed by atoms with van der Waals surface area (Å²) in [5.41, 5.74) is 2.51. The molecule has 0 fully saturated rings. The van der Waals surface area contributed by atoms with Gasteiger partial charge in [0.05, 0.1) is 6.54 Å². The van der Waals surface area contributed by atoms with Crippen molar-refractivity contribution in [2.24, 2.45) is 5.16 Å². The molecule has 0 saturated heterocycles. The van der Waals surface area contributed by atoms with Crippen LogP contribution >= 0.6 is 0 Å². The molecule has 0 saturated carbocycles. The molecule has 0 unspecified atom stereocenters. The van der Waals surface area contributed by atoms with Gasteiger partial charge in [0.25, 0.3) is 5.91 Å². The Kier molecular flexibility index (Phi) is 4.46. The topological polar surface area (TPSA) is 45.1 Å². The smallest absolute Gasteiger partial charge is 0.269 e. The largest absolute Gasteiger partial charge is 0.384 e. The number of carbonyl (C=O) groups excluding carboxylic acids is 1. The highest BCUT2D eigenvalue weighted by atomic mass is 19.1. The number of oxime groups is 1. The number of nitrogens with zero attached hydrogens (tertiary/aromatic N) is 3. The van der Waals surface area contributed by atoms with Gasteiger partial charge in [-0.2, -0.15) is 0 Å². The zero-order valence-electron chi connectivity index (χ0n) is 13.6. The summed E-state index contributed by atoms with van der Waals surface area (Å²) in [5.74, 6) is -0.108. The van der Waals surface area contributed by atoms with Crippen LogP contribution in [0.5, 0.6) is 0 Å². The summed E-state index contributed by atoms with van der Waals surface area (Å²) in [5, 5.41) is 4.04. The first kappa shape index (κ1) is 16.0. The molecule has 0 spiro atoms. The van der Waals surface area contributed by atoms with Crippen LogP contribution in [-0.4, -0.2) is 37.3 Å². The Hall–Kier alpha value is -2.89. The summed E-state index contributed by atoms with van der Waals surface area (Å²) in [6, 6.07) is 13.8. The lowest BCUT2D eigenvalue weighted by atomic mass is 10.1. The third kappa shape index (κ3) is 3.37. The number of benzene rings is 2. The zero-order valence-corrected chi connectivity index (χ0v) is 13.6. The third-order valence-corrected chi connectivity index (χ3v) is 3.77. The van der Waals surface area contributed by atoms with Gasteiger partial charge in [-0.05, 0) is 42.0 Å². The van der Waals surface area contributed by atoms with Crippen molar-refractivity contribution < 1.29 is 14.0 Å². The van der Waals surface area contributed by atoms with E-state index in [9.17, 15) is 9.18 Å². The standard InChI is InChI=1S/C18H18FN3O2/c1-21(2)16-8-6-14(7-9-16)18-20-24-12-17(23)22(18)11-13-4-3-5-15(19)10-13/h3-10H,11-12H2,1-2H3. The SMILES string of the molecule is CN(C)c1ccc(C2=NOCC(=O)N2Cc2cccc(F)c2)cc1. The Morgan fingerprint density at radius 2 is 1.96 bits per heavy atom. The van der Waals surface area contributed by atoms with E-state index in [1.807, 2.05) is 43.3 Å². The van der Waals surface area contributed by atoms with Gasteiger partial charge in [0, 0.05) is 25.3 Å². The van der Waals surface area contributed by atoms with Gasteiger partial charge in [-0.1, -0.05) is 17.3 Å². The van der Waals surface area contributed by atoms with Crippen molar-refractivity contribution in [2.45, 2.75) is 6.54 Å². The number of anilines is 1. The van der Waals surface area contributed by atoms with Crippen LogP contribution < -0.4 is 4.90 Å². The fraction of sp³-hybridized carbons (Fsp3) is 0.222. The van der Waals surface area contributed by atoms with Gasteiger partial charge in [-0.15, -0.1) is 0 Å². The van der Waals surface area contributed by atoms with Crippen molar-refractivity contribution in [1.29, 1.82) is 0 Å². The third-order valence-electron chi connectivity index (χ3n) is 3.77. The van der Waals surface area contributed by atoms with Gasteiger partial charge in [0.1, 0.15) is 5.82 Å². The van der Waals surface area contributed by atoms with E-state index in [4.69, 9.17) is 4.84 Å². The van der Waals surface area contributed by atoms with E-state index in [-0.39, 0.29) is 24.9 Å². The molecule has 0 aromatic heterocycles. The Bertz CT molecular complexity index is 772. The van der Waals surface area contributed by atoms with E-state index in [1.54, 1.807) is 12.1 Å². The van der Waals surface area contributed by atoms with E-state index >= 15 is 0 Å². The lowest BCUT2D eigenvalue weighted by Crippen LogP contribution is -2.42. The lowest BCUT2D eigenvalue weighted by molar-refractivity contribution is -0.134. The van der Waals surface area contributed by atoms with Crippen LogP contribution in [0.25, 0.3) is 0 Å². The fourth-order valence-electron chi connectivity index (χ4n) is 2.49. The molecule has 2 aromatic rings. The van der Waals surface area contributed by atoms with Crippen molar-refractivity contribution in [3.63, 3.8) is 0 Å². The number of hydrogen-bond donors (Lipinski definition) is 0. The van der Waals surface area contributed by atoms with E-state index in [2.05, 4.69) is 5.16 Å². The number of rotatable bonds is 4. The lowest BCUT2D eigenvalue weighted by Gasteiger charge is -2.27. The second-order valence-corrected chi connectivity index (χ2v) is 5.74. The summed E-state index contributed by atoms with van der Waals surface area (Å²) in [6.45, 7) is 0.128. The summed E-state index contributed by atoms with van der Waals surface area (Å²) in [7, 11) is 3.91. The minimum absolute atomic E-state index is 0.116. The molecule has 1 heterocycles. The molecule has 6 heteroatoms. The molecule has 5 nitrogen and oxygen atoms in total. The van der Waals surface area contributed by atoms with Crippen LogP contribution in [0.3, 0.4) is 0 Å². The molecule has 0 bridgehead atoms. The predicted octanol–water partition coefficient (Wildman–Crippen LogP) is 2.61. The molecule has 124 valence electrons. The monoisotopic (exact) mass is 327 g/mol. The Morgan fingerprint density at radius 3 is 2.62 bits per heavy atom. The average Bonchev–Trinajstić information content (AvgIpc) is 2.57. The van der Waals surface area contributed by atoms with Gasteiger partial charge >= 0.3 is 0 Å². The van der Waals surface area contributed by atoms with Gasteiger partial charge in [0.15, 0.2) is 12.4 Å². The summed E-state index contributed by atoms with van der Waals surface area (Å²) in [4.78, 5) is 20.8. The number of halogens is 1. The molecule has 1 aliphatic rings. The molecule has 1 amide bonds. The first-order valence-electron chi connectivity index (χ1n) is 7.57. The van der Waals surface area contributed by atoms with Gasteiger partial charge < -0.3 is 9.74 Å². The van der Waals surface area contributed by atoms with Gasteiger partial charge in [-0.3, -0.25) is 9.69 Å². The van der Waals surface area contributed by atoms with Crippen LogP contribution in [0.2, 0.25) is 0 Å². The van der Waals surface area contributed by atoms with Crippen molar-refractivity contribution >= 4 is 17.4 Å². The summed E-state index contributed by atoms with van der Waals surface area (Å²) in [6.07, 6.45) is 0. The fourth-order valence-corrected chi connectivity index (χ4v) is 2.49. The highest BCUT2D eigenvalue weighted by Gasteiger charge is 2.26. The first-order chi connectivity index (χ1) is 11.5. The Morgan fingerprint density at radius 1 is 1.21 bits per heavy atom. The summed E-state index contributed by atoms with van der Waals surface area (Å²) < 4.78 is 13.4. The Balaban J connectivity index is 1.89. The number of carbonyl (C=O) groups is 1. The zero-order chi connectivity index (χ0) is 17.1. The predicted molar refractivity (Wildman–Crippen MR) is 90.2 cm³/mol. The quantitative estimate of drug-likeness (QED) is 0.867. The number of amidine groups is 1. The van der Waals surface area contributed by atoms with Crippen molar-refractivity contribution in [2.75, 3.05) is 25.6 Å². The van der Waals surface area contributed by atoms with Crippen LogP contribution in [-0.2, 0) is 16.2 Å². The van der Waals surface area contributed by atoms with Crippen LogP contribution in [0.4, 0.5) is 10.1 Å². The summed E-state index contributed by atoms with van der Waals surface area (Å²) >= 11 is 0. The van der Waals surface area contributed by atoms with Gasteiger partial charge in [-0.25, -0.2) is 4.39 Å². The highest BCUT2D eigenvalue weighted by Crippen LogP contribution is 2.18. The second-order valence-electron chi connectivity index (χ2n) is 5.74. The Labute approximate surface area is 139 Å². The molecule has 0 aliphatic carbocycles. The van der Waals surface area contributed by atoms with E-state index in [0.29, 0.717) is 11.4 Å². The van der Waals surface area contributed by atoms with Crippen molar-refractivity contribution in [3.05, 3.63) is 65.5 Å². The molecule has 0 N–H and O–H groups in total. The van der Waals surface area contributed by atoms with Crippen molar-refractivity contribution in [1.82, 2.24) is 4.90 Å². The first-order valence-corrected chi connectivity index (χ1v) is 7.57.